The highest BCUT2D eigenvalue weighted by Gasteiger charge is 2.38. The van der Waals surface area contributed by atoms with Crippen LogP contribution in [0.15, 0.2) is 12.1 Å². The lowest BCUT2D eigenvalue weighted by atomic mass is 10.2. The van der Waals surface area contributed by atoms with Crippen LogP contribution in [-0.4, -0.2) is 31.6 Å². The molecule has 0 bridgehead atoms. The van der Waals surface area contributed by atoms with Crippen molar-refractivity contribution in [2.45, 2.75) is 32.7 Å². The first-order valence-corrected chi connectivity index (χ1v) is 9.05. The minimum absolute atomic E-state index is 0.0509. The predicted molar refractivity (Wildman–Crippen MR) is 93.8 cm³/mol. The summed E-state index contributed by atoms with van der Waals surface area (Å²) in [6.07, 6.45) is 2.01. The van der Waals surface area contributed by atoms with E-state index in [0.29, 0.717) is 48.7 Å². The van der Waals surface area contributed by atoms with Gasteiger partial charge in [0.15, 0.2) is 11.5 Å². The fraction of sp³-hybridized carbons (Fsp3) is 0.556. The molecule has 1 aromatic rings. The van der Waals surface area contributed by atoms with Gasteiger partial charge in [0.05, 0.1) is 18.2 Å². The van der Waals surface area contributed by atoms with E-state index in [1.54, 1.807) is 6.07 Å². The average molecular weight is 367 g/mol. The van der Waals surface area contributed by atoms with Crippen LogP contribution in [-0.2, 0) is 16.1 Å². The Bertz CT molecular complexity index is 665. The molecule has 25 heavy (non-hydrogen) atoms. The van der Waals surface area contributed by atoms with E-state index < -0.39 is 0 Å². The maximum atomic E-state index is 11.9. The quantitative estimate of drug-likeness (QED) is 0.809. The van der Waals surface area contributed by atoms with Crippen LogP contribution < -0.4 is 20.1 Å². The second-order valence-corrected chi connectivity index (χ2v) is 7.00. The van der Waals surface area contributed by atoms with Gasteiger partial charge in [0.1, 0.15) is 0 Å². The van der Waals surface area contributed by atoms with Crippen molar-refractivity contribution in [1.82, 2.24) is 10.6 Å². The summed E-state index contributed by atoms with van der Waals surface area (Å²) in [6.45, 7) is 3.92. The Morgan fingerprint density at radius 2 is 2.00 bits per heavy atom. The van der Waals surface area contributed by atoms with Crippen LogP contribution in [0.5, 0.6) is 11.5 Å². The molecular weight excluding hydrogens is 344 g/mol. The molecule has 0 saturated heterocycles. The third kappa shape index (κ3) is 4.78. The molecule has 0 spiro atoms. The molecule has 0 aromatic heterocycles. The van der Waals surface area contributed by atoms with Gasteiger partial charge in [0.2, 0.25) is 11.8 Å². The molecule has 7 heteroatoms. The molecule has 2 N–H and O–H groups in total. The summed E-state index contributed by atoms with van der Waals surface area (Å²) in [5.74, 6) is 1.71. The lowest BCUT2D eigenvalue weighted by Gasteiger charge is -2.12. The van der Waals surface area contributed by atoms with Crippen molar-refractivity contribution in [2.24, 2.45) is 11.8 Å². The van der Waals surface area contributed by atoms with Gasteiger partial charge in [-0.15, -0.1) is 0 Å². The lowest BCUT2D eigenvalue weighted by molar-refractivity contribution is -0.123. The van der Waals surface area contributed by atoms with E-state index >= 15 is 0 Å². The number of benzene rings is 1. The number of amides is 2. The van der Waals surface area contributed by atoms with E-state index in [-0.39, 0.29) is 24.2 Å². The molecular formula is C18H23ClN2O4. The molecule has 1 fully saturated rings. The van der Waals surface area contributed by atoms with Crippen LogP contribution in [0.1, 0.15) is 31.7 Å². The number of fused-ring (bicyclic) bond motifs is 1. The molecule has 2 unspecified atom stereocenters. The molecule has 6 nitrogen and oxygen atoms in total. The summed E-state index contributed by atoms with van der Waals surface area (Å²) in [6, 6.07) is 3.61. The summed E-state index contributed by atoms with van der Waals surface area (Å²) in [7, 11) is 0. The number of carbonyl (C=O) groups is 2. The van der Waals surface area contributed by atoms with Crippen LogP contribution in [0.4, 0.5) is 0 Å². The fourth-order valence-corrected chi connectivity index (χ4v) is 3.08. The molecule has 2 aliphatic rings. The second-order valence-electron chi connectivity index (χ2n) is 6.59. The topological polar surface area (TPSA) is 76.7 Å². The van der Waals surface area contributed by atoms with Crippen molar-refractivity contribution >= 4 is 23.4 Å². The van der Waals surface area contributed by atoms with E-state index in [4.69, 9.17) is 21.1 Å². The highest BCUT2D eigenvalue weighted by molar-refractivity contribution is 6.32. The number of hydrogen-bond acceptors (Lipinski definition) is 4. The number of ether oxygens (including phenoxy) is 2. The Morgan fingerprint density at radius 3 is 2.76 bits per heavy atom. The molecule has 136 valence electrons. The zero-order chi connectivity index (χ0) is 17.8. The molecule has 1 aliphatic heterocycles. The molecule has 2 amide bonds. The first kappa shape index (κ1) is 17.9. The monoisotopic (exact) mass is 366 g/mol. The molecule has 0 radical (unpaired) electrons. The number of hydrogen-bond donors (Lipinski definition) is 2. The number of halogens is 1. The Morgan fingerprint density at radius 1 is 1.24 bits per heavy atom. The first-order chi connectivity index (χ1) is 12.0. The zero-order valence-corrected chi connectivity index (χ0v) is 15.0. The smallest absolute Gasteiger partial charge is 0.223 e. The SMILES string of the molecule is CC1CC1C(=O)NCCC(=O)NCc1cc(Cl)c2c(c1)OCCCO2. The third-order valence-corrected chi connectivity index (χ3v) is 4.73. The zero-order valence-electron chi connectivity index (χ0n) is 14.3. The standard InChI is InChI=1S/C18H23ClN2O4/c1-11-7-13(11)18(23)20-4-3-16(22)21-10-12-8-14(19)17-15(9-12)24-5-2-6-25-17/h8-9,11,13H,2-7,10H2,1H3,(H,20,23)(H,21,22). The van der Waals surface area contributed by atoms with Crippen molar-refractivity contribution in [2.75, 3.05) is 19.8 Å². The fourth-order valence-electron chi connectivity index (χ4n) is 2.79. The van der Waals surface area contributed by atoms with Crippen LogP contribution in [0.3, 0.4) is 0 Å². The van der Waals surface area contributed by atoms with Crippen molar-refractivity contribution in [3.8, 4) is 11.5 Å². The van der Waals surface area contributed by atoms with Crippen molar-refractivity contribution < 1.29 is 19.1 Å². The number of nitrogens with one attached hydrogen (secondary N) is 2. The van der Waals surface area contributed by atoms with Gasteiger partial charge in [0.25, 0.3) is 0 Å². The van der Waals surface area contributed by atoms with Crippen LogP contribution in [0, 0.1) is 11.8 Å². The van der Waals surface area contributed by atoms with Crippen LogP contribution in [0.25, 0.3) is 0 Å². The summed E-state index contributed by atoms with van der Waals surface area (Å²) in [4.78, 5) is 23.6. The van der Waals surface area contributed by atoms with Gasteiger partial charge in [-0.25, -0.2) is 0 Å². The highest BCUT2D eigenvalue weighted by Crippen LogP contribution is 2.38. The van der Waals surface area contributed by atoms with Crippen LogP contribution >= 0.6 is 11.6 Å². The Kier molecular flexibility index (Phi) is 5.68. The van der Waals surface area contributed by atoms with Crippen LogP contribution in [0.2, 0.25) is 5.02 Å². The van der Waals surface area contributed by atoms with Gasteiger partial charge in [-0.3, -0.25) is 9.59 Å². The molecule has 1 aliphatic carbocycles. The van der Waals surface area contributed by atoms with E-state index in [9.17, 15) is 9.59 Å². The Labute approximate surface area is 152 Å². The maximum absolute atomic E-state index is 11.9. The normalized spacial score (nSPS) is 21.2. The van der Waals surface area contributed by atoms with Gasteiger partial charge < -0.3 is 20.1 Å². The van der Waals surface area contributed by atoms with E-state index in [2.05, 4.69) is 17.6 Å². The van der Waals surface area contributed by atoms with Crippen molar-refractivity contribution in [3.05, 3.63) is 22.7 Å². The van der Waals surface area contributed by atoms with Gasteiger partial charge in [-0.2, -0.15) is 0 Å². The minimum atomic E-state index is -0.118. The number of carbonyl (C=O) groups excluding carboxylic acids is 2. The van der Waals surface area contributed by atoms with Crippen molar-refractivity contribution in [1.29, 1.82) is 0 Å². The van der Waals surface area contributed by atoms with E-state index in [1.165, 1.54) is 0 Å². The second kappa shape index (κ2) is 7.95. The highest BCUT2D eigenvalue weighted by atomic mass is 35.5. The van der Waals surface area contributed by atoms with Gasteiger partial charge in [-0.05, 0) is 30.0 Å². The molecule has 1 saturated carbocycles. The Hall–Kier alpha value is -1.95. The molecule has 2 atom stereocenters. The predicted octanol–water partition coefficient (Wildman–Crippen LogP) is 2.28. The maximum Gasteiger partial charge on any atom is 0.223 e. The summed E-state index contributed by atoms with van der Waals surface area (Å²) < 4.78 is 11.2. The van der Waals surface area contributed by atoms with Gasteiger partial charge in [-0.1, -0.05) is 18.5 Å². The largest absolute Gasteiger partial charge is 0.489 e. The summed E-state index contributed by atoms with van der Waals surface area (Å²) in [5, 5.41) is 6.12. The van der Waals surface area contributed by atoms with Gasteiger partial charge >= 0.3 is 0 Å². The van der Waals surface area contributed by atoms with Gasteiger partial charge in [0, 0.05) is 31.8 Å². The number of rotatable bonds is 6. The summed E-state index contributed by atoms with van der Waals surface area (Å²) >= 11 is 6.24. The molecule has 1 heterocycles. The molecule has 1 aromatic carbocycles. The van der Waals surface area contributed by atoms with Crippen molar-refractivity contribution in [3.63, 3.8) is 0 Å². The minimum Gasteiger partial charge on any atom is -0.489 e. The third-order valence-electron chi connectivity index (χ3n) is 4.45. The molecule has 3 rings (SSSR count). The van der Waals surface area contributed by atoms with E-state index in [0.717, 1.165) is 18.4 Å². The lowest BCUT2D eigenvalue weighted by Crippen LogP contribution is -2.31. The Balaban J connectivity index is 1.45. The summed E-state index contributed by atoms with van der Waals surface area (Å²) in [5.41, 5.74) is 0.846. The first-order valence-electron chi connectivity index (χ1n) is 8.67. The average Bonchev–Trinajstić information content (AvgIpc) is 3.35. The van der Waals surface area contributed by atoms with E-state index in [1.807, 2.05) is 6.07 Å².